The van der Waals surface area contributed by atoms with Crippen molar-refractivity contribution in [3.63, 3.8) is 0 Å². The summed E-state index contributed by atoms with van der Waals surface area (Å²) in [4.78, 5) is 24.9. The summed E-state index contributed by atoms with van der Waals surface area (Å²) in [7, 11) is 6.32. The summed E-state index contributed by atoms with van der Waals surface area (Å²) >= 11 is 0. The normalized spacial score (nSPS) is 11.8. The molecule has 0 saturated carbocycles. The Bertz CT molecular complexity index is 5020. The minimum atomic E-state index is -0.632. The van der Waals surface area contributed by atoms with Crippen molar-refractivity contribution >= 4 is 55.6 Å². The van der Waals surface area contributed by atoms with E-state index in [1.165, 1.54) is 19.2 Å². The molecule has 0 aliphatic carbocycles. The van der Waals surface area contributed by atoms with Gasteiger partial charge in [0.15, 0.2) is 46.6 Å². The van der Waals surface area contributed by atoms with Crippen LogP contribution in [0.5, 0.6) is 34.5 Å². The SMILES string of the molecule is CNC(=O)c1ccc(-c2ccc3nnc(COc4ccnc5cc(OC)ccc45)n3n2)cc1F.COc1ccc2c(O[C@@H](C)c3nnc4ccc(-c5ccccc5)nn34)ccnc2c1.COc1ccc2c(O[C@H](C)c3nnc4ccc(-c5ccccc5)nn34)ccnc2c1. The minimum Gasteiger partial charge on any atom is -0.497 e. The van der Waals surface area contributed by atoms with Gasteiger partial charge in [0.2, 0.25) is 0 Å². The van der Waals surface area contributed by atoms with Gasteiger partial charge in [0, 0.05) is 76.7 Å². The Morgan fingerprint density at radius 1 is 0.457 bits per heavy atom. The molecule has 9 aromatic heterocycles. The van der Waals surface area contributed by atoms with Crippen LogP contribution in [0, 0.1) is 5.82 Å². The molecule has 24 heteroatoms. The lowest BCUT2D eigenvalue weighted by molar-refractivity contribution is 0.0959. The van der Waals surface area contributed by atoms with E-state index >= 15 is 0 Å². The molecule has 6 aromatic carbocycles. The molecule has 0 bridgehead atoms. The van der Waals surface area contributed by atoms with Crippen molar-refractivity contribution in [2.45, 2.75) is 32.7 Å². The molecule has 0 fully saturated rings. The van der Waals surface area contributed by atoms with Gasteiger partial charge >= 0.3 is 0 Å². The number of hydrogen-bond acceptors (Lipinski definition) is 19. The van der Waals surface area contributed by atoms with Gasteiger partial charge in [-0.1, -0.05) is 66.7 Å². The highest BCUT2D eigenvalue weighted by atomic mass is 19.1. The quantitative estimate of drug-likeness (QED) is 0.0943. The predicted molar refractivity (Wildman–Crippen MR) is 349 cm³/mol. The van der Waals surface area contributed by atoms with Crippen molar-refractivity contribution in [1.29, 1.82) is 0 Å². The third-order valence-corrected chi connectivity index (χ3v) is 15.2. The van der Waals surface area contributed by atoms with Crippen molar-refractivity contribution in [1.82, 2.24) is 79.7 Å². The molecule has 0 saturated heterocycles. The van der Waals surface area contributed by atoms with E-state index in [-0.39, 0.29) is 24.4 Å². The first-order chi connectivity index (χ1) is 46.0. The fraction of sp³-hybridized carbons (Fsp3) is 0.129. The van der Waals surface area contributed by atoms with Gasteiger partial charge in [0.25, 0.3) is 5.91 Å². The molecule has 1 N–H and O–H groups in total. The average molecular weight is 1250 g/mol. The van der Waals surface area contributed by atoms with Gasteiger partial charge in [0.05, 0.1) is 60.5 Å². The van der Waals surface area contributed by atoms with Gasteiger partial charge in [0.1, 0.15) is 46.9 Å². The first-order valence-electron chi connectivity index (χ1n) is 29.6. The fourth-order valence-corrected chi connectivity index (χ4v) is 10.4. The molecule has 0 unspecified atom stereocenters. The number of halogens is 1. The zero-order valence-electron chi connectivity index (χ0n) is 51.4. The number of rotatable bonds is 16. The van der Waals surface area contributed by atoms with Gasteiger partial charge in [-0.05, 0) is 117 Å². The van der Waals surface area contributed by atoms with Crippen molar-refractivity contribution in [3.05, 3.63) is 236 Å². The van der Waals surface area contributed by atoms with Crippen LogP contribution in [-0.4, -0.2) is 109 Å². The predicted octanol–water partition coefficient (Wildman–Crippen LogP) is 12.4. The number of amides is 1. The summed E-state index contributed by atoms with van der Waals surface area (Å²) in [6.45, 7) is 3.97. The summed E-state index contributed by atoms with van der Waals surface area (Å²) in [5.74, 6) is 4.87. The number of carbonyl (C=O) groups is 1. The maximum atomic E-state index is 14.4. The molecule has 466 valence electrons. The highest BCUT2D eigenvalue weighted by Crippen LogP contribution is 2.34. The molecule has 0 aliphatic heterocycles. The Balaban J connectivity index is 0.000000128. The second kappa shape index (κ2) is 26.8. The lowest BCUT2D eigenvalue weighted by Gasteiger charge is -2.15. The van der Waals surface area contributed by atoms with E-state index in [9.17, 15) is 9.18 Å². The third kappa shape index (κ3) is 12.7. The number of carbonyl (C=O) groups excluding carboxylic acids is 1. The monoisotopic (exact) mass is 1250 g/mol. The lowest BCUT2D eigenvalue weighted by atomic mass is 10.1. The smallest absolute Gasteiger partial charge is 0.253 e. The van der Waals surface area contributed by atoms with E-state index in [2.05, 4.69) is 56.0 Å². The van der Waals surface area contributed by atoms with Crippen LogP contribution < -0.4 is 33.7 Å². The molecule has 0 aliphatic rings. The zero-order chi connectivity index (χ0) is 64.7. The number of hydrogen-bond donors (Lipinski definition) is 1. The molecule has 0 radical (unpaired) electrons. The first kappa shape index (κ1) is 60.3. The van der Waals surface area contributed by atoms with Crippen LogP contribution in [0.25, 0.3) is 83.4 Å². The van der Waals surface area contributed by atoms with Gasteiger partial charge in [-0.25, -0.2) is 4.39 Å². The van der Waals surface area contributed by atoms with E-state index in [0.29, 0.717) is 68.7 Å². The minimum absolute atomic E-state index is 0.0343. The van der Waals surface area contributed by atoms with Gasteiger partial charge in [-0.15, -0.1) is 30.6 Å². The molecule has 94 heavy (non-hydrogen) atoms. The summed E-state index contributed by atoms with van der Waals surface area (Å²) in [5, 5.41) is 44.5. The van der Waals surface area contributed by atoms with E-state index in [1.807, 2.05) is 166 Å². The van der Waals surface area contributed by atoms with Gasteiger partial charge in [-0.2, -0.15) is 28.8 Å². The molecule has 0 spiro atoms. The number of ether oxygens (including phenoxy) is 6. The van der Waals surface area contributed by atoms with Crippen LogP contribution in [-0.2, 0) is 6.61 Å². The van der Waals surface area contributed by atoms with E-state index in [4.69, 9.17) is 38.6 Å². The molecule has 2 atom stereocenters. The summed E-state index contributed by atoms with van der Waals surface area (Å²) < 4.78 is 53.8. The molecular weight excluding hydrogens is 1200 g/mol. The zero-order valence-corrected chi connectivity index (χ0v) is 51.4. The Kier molecular flexibility index (Phi) is 17.2. The van der Waals surface area contributed by atoms with Crippen molar-refractivity contribution < 1.29 is 37.6 Å². The molecule has 15 aromatic rings. The third-order valence-electron chi connectivity index (χ3n) is 15.2. The summed E-state index contributed by atoms with van der Waals surface area (Å²) in [6, 6.07) is 57.9. The van der Waals surface area contributed by atoms with Crippen LogP contribution in [0.3, 0.4) is 0 Å². The Hall–Kier alpha value is -12.6. The maximum absolute atomic E-state index is 14.4. The Morgan fingerprint density at radius 2 is 0.883 bits per heavy atom. The van der Waals surface area contributed by atoms with E-state index in [0.717, 1.165) is 66.7 Å². The summed E-state index contributed by atoms with van der Waals surface area (Å²) in [5.41, 5.74) is 8.93. The van der Waals surface area contributed by atoms with Crippen molar-refractivity contribution in [3.8, 4) is 68.3 Å². The molecular formula is C70H57FN16O7. The first-order valence-corrected chi connectivity index (χ1v) is 29.6. The fourth-order valence-electron chi connectivity index (χ4n) is 10.4. The lowest BCUT2D eigenvalue weighted by Crippen LogP contribution is -2.19. The standard InChI is InChI=1S/C24H19FN6O3.2C23H19N5O2/c1-26-24(32)16-5-3-14(11-18(16)25)19-7-8-22-28-29-23(31(22)30-19)13-34-21-9-10-27-20-12-15(33-2)4-6-17(20)21;2*1-15(30-21-12-13-24-20-14-17(29-2)8-9-18(20)21)23-26-25-22-11-10-19(27-28(22)23)16-6-4-3-5-7-16/h3-12H,13H2,1-2H3,(H,26,32);2*3-15H,1-2H3/t;2*15-/m.10/s1. The van der Waals surface area contributed by atoms with Crippen molar-refractivity contribution in [2.24, 2.45) is 0 Å². The highest BCUT2D eigenvalue weighted by molar-refractivity contribution is 5.95. The number of benzene rings is 6. The summed E-state index contributed by atoms with van der Waals surface area (Å²) in [6.07, 6.45) is 4.36. The largest absolute Gasteiger partial charge is 0.497 e. The Morgan fingerprint density at radius 3 is 1.34 bits per heavy atom. The topological polar surface area (TPSA) is 252 Å². The number of nitrogens with zero attached hydrogens (tertiary/aromatic N) is 15. The van der Waals surface area contributed by atoms with Gasteiger partial charge < -0.3 is 33.7 Å². The average Bonchev–Trinajstić information content (AvgIpc) is 1.27. The van der Waals surface area contributed by atoms with Crippen LogP contribution in [0.2, 0.25) is 0 Å². The second-order valence-corrected chi connectivity index (χ2v) is 21.1. The molecule has 23 nitrogen and oxygen atoms in total. The van der Waals surface area contributed by atoms with Crippen LogP contribution in [0.15, 0.2) is 207 Å². The van der Waals surface area contributed by atoms with E-state index in [1.54, 1.807) is 77.7 Å². The highest BCUT2D eigenvalue weighted by Gasteiger charge is 2.22. The number of pyridine rings is 3. The van der Waals surface area contributed by atoms with Crippen molar-refractivity contribution in [2.75, 3.05) is 28.4 Å². The number of aromatic nitrogens is 15. The van der Waals surface area contributed by atoms with Crippen LogP contribution in [0.1, 0.15) is 53.9 Å². The molecule has 9 heterocycles. The van der Waals surface area contributed by atoms with Crippen LogP contribution >= 0.6 is 0 Å². The van der Waals surface area contributed by atoms with E-state index < -0.39 is 11.7 Å². The maximum Gasteiger partial charge on any atom is 0.253 e. The van der Waals surface area contributed by atoms with Gasteiger partial charge in [-0.3, -0.25) is 19.7 Å². The van der Waals surface area contributed by atoms with Crippen LogP contribution in [0.4, 0.5) is 4.39 Å². The Labute approximate surface area is 535 Å². The molecule has 1 amide bonds. The number of fused-ring (bicyclic) bond motifs is 6. The molecule has 15 rings (SSSR count). The number of methoxy groups -OCH3 is 3. The second-order valence-electron chi connectivity index (χ2n) is 21.1. The number of nitrogens with one attached hydrogen (secondary N) is 1.